The molecule has 10 heteroatoms. The molecule has 756 valence electrons. The summed E-state index contributed by atoms with van der Waals surface area (Å²) in [6, 6.07) is 119. The Morgan fingerprint density at radius 1 is 0.193 bits per heavy atom. The first-order valence-corrected chi connectivity index (χ1v) is 54.4. The van der Waals surface area contributed by atoms with Crippen LogP contribution in [-0.4, -0.2) is 54.6 Å². The molecule has 6 unspecified atom stereocenters. The van der Waals surface area contributed by atoms with E-state index in [0.717, 1.165) is 247 Å². The molecule has 0 fully saturated rings. The van der Waals surface area contributed by atoms with Crippen LogP contribution in [0.25, 0.3) is 134 Å². The summed E-state index contributed by atoms with van der Waals surface area (Å²) < 4.78 is 37.4. The third-order valence-corrected chi connectivity index (χ3v) is 28.3. The average molecular weight is 2110 g/mol. The number of ether oxygens (including phenoxy) is 6. The van der Waals surface area contributed by atoms with Crippen LogP contribution in [0.15, 0.2) is 328 Å². The van der Waals surface area contributed by atoms with E-state index in [2.05, 4.69) is 353 Å². The maximum atomic E-state index is 6.24. The zero-order valence-corrected chi connectivity index (χ0v) is 90.9. The maximum Gasteiger partial charge on any atom is 3.00 e. The minimum Gasteiger partial charge on any atom is -0.493 e. The van der Waals surface area contributed by atoms with E-state index < -0.39 is 0 Å². The Morgan fingerprint density at radius 2 is 0.366 bits per heavy atom. The summed E-state index contributed by atoms with van der Waals surface area (Å²) in [4.78, 5) is 13.7. The molecule has 9 nitrogen and oxygen atoms in total. The smallest absolute Gasteiger partial charge is 0.493 e. The van der Waals surface area contributed by atoms with Crippen molar-refractivity contribution in [2.24, 2.45) is 35.5 Å². The van der Waals surface area contributed by atoms with Crippen LogP contribution in [-0.2, 0) is 20.1 Å². The standard InChI is InChI=1S/3C45H52NO2.Ir/c3*1-5-9-14-34(7-3)32-47-43-23-19-36(20-24-43)40-29-41(37-21-25-44(26-22-37)48-33-35(8-4)15-10-6-2)31-42(30-40)38-16-13-17-39(28-38)45-18-11-12-27-46-45;/h3*11-13,16,18-31,34-35H,5-10,14-15,32-33H2,1-4H3;/q3*-1;+3. The Kier molecular flexibility index (Phi) is 46.9. The number of pyridine rings is 3. The molecule has 3 aromatic heterocycles. The minimum absolute atomic E-state index is 0. The molecule has 0 radical (unpaired) electrons. The van der Waals surface area contributed by atoms with Crippen molar-refractivity contribution in [1.82, 2.24) is 15.0 Å². The van der Waals surface area contributed by atoms with Gasteiger partial charge in [-0.3, -0.25) is 0 Å². The topological polar surface area (TPSA) is 94.1 Å². The third kappa shape index (κ3) is 34.9. The van der Waals surface area contributed by atoms with Crippen LogP contribution in [0.2, 0.25) is 0 Å². The van der Waals surface area contributed by atoms with Gasteiger partial charge in [0, 0.05) is 18.6 Å². The number of benzene rings is 12. The van der Waals surface area contributed by atoms with Crippen LogP contribution in [0, 0.1) is 53.7 Å². The number of rotatable bonds is 54. The fourth-order valence-electron chi connectivity index (χ4n) is 18.5. The molecule has 145 heavy (non-hydrogen) atoms. The maximum absolute atomic E-state index is 6.24. The summed E-state index contributed by atoms with van der Waals surface area (Å²) in [7, 11) is 0. The summed E-state index contributed by atoms with van der Waals surface area (Å²) in [5.41, 5.74) is 26.5. The molecule has 0 bridgehead atoms. The van der Waals surface area contributed by atoms with Gasteiger partial charge in [0.1, 0.15) is 34.5 Å². The van der Waals surface area contributed by atoms with E-state index in [1.807, 2.05) is 91.4 Å². The normalized spacial score (nSPS) is 12.3. The molecule has 0 amide bonds. The zero-order chi connectivity index (χ0) is 101. The second-order valence-corrected chi connectivity index (χ2v) is 39.0. The van der Waals surface area contributed by atoms with Crippen LogP contribution in [0.1, 0.15) is 237 Å². The second-order valence-electron chi connectivity index (χ2n) is 39.0. The third-order valence-electron chi connectivity index (χ3n) is 28.3. The Labute approximate surface area is 884 Å². The first-order chi connectivity index (χ1) is 70.8. The van der Waals surface area contributed by atoms with Crippen LogP contribution < -0.4 is 28.4 Å². The van der Waals surface area contributed by atoms with Crippen molar-refractivity contribution in [3.05, 3.63) is 346 Å². The van der Waals surface area contributed by atoms with E-state index in [-0.39, 0.29) is 20.1 Å². The molecule has 0 aliphatic rings. The summed E-state index contributed by atoms with van der Waals surface area (Å²) >= 11 is 0. The predicted molar refractivity (Wildman–Crippen MR) is 607 cm³/mol. The van der Waals surface area contributed by atoms with E-state index in [9.17, 15) is 0 Å². The van der Waals surface area contributed by atoms with Gasteiger partial charge in [-0.15, -0.1) is 106 Å². The first kappa shape index (κ1) is 111. The number of unbranched alkanes of at least 4 members (excludes halogenated alkanes) is 6. The quantitative estimate of drug-likeness (QED) is 0.0346. The molecule has 0 N–H and O–H groups in total. The van der Waals surface area contributed by atoms with Gasteiger partial charge >= 0.3 is 20.1 Å². The molecule has 3 heterocycles. The molecule has 0 aliphatic heterocycles. The van der Waals surface area contributed by atoms with Gasteiger partial charge in [0.15, 0.2) is 0 Å². The van der Waals surface area contributed by atoms with Crippen molar-refractivity contribution < 1.29 is 48.5 Å². The van der Waals surface area contributed by atoms with Crippen LogP contribution >= 0.6 is 0 Å². The summed E-state index contributed by atoms with van der Waals surface area (Å²) in [5, 5.41) is 0. The van der Waals surface area contributed by atoms with Crippen LogP contribution in [0.4, 0.5) is 0 Å². The number of hydrogen-bond donors (Lipinski definition) is 0. The SMILES string of the molecule is CCCCC(CC)COc1ccc(-c2cc(-c3ccc(OCC(CC)CCCC)cc3)cc(-c3cc[c-]c(-c4ccccn4)c3)c2)cc1.CCCCC(CC)COc1ccc(-c2cc(-c3ccc(OCC(CC)CCCC)cc3)cc(-c3cc[c-]c(-c4ccccn4)c3)c2)cc1.CCCCC(CC)COc1ccc(-c2cc(-c3ccc(OCC(CC)CCCC)cc3)cc(-c3cc[c-]c(-c4ccccn4)c3)c2)cc1.[Ir+3]. The summed E-state index contributed by atoms with van der Waals surface area (Å²) in [5.74, 6) is 9.21. The van der Waals surface area contributed by atoms with E-state index in [4.69, 9.17) is 28.4 Å². The van der Waals surface area contributed by atoms with Gasteiger partial charge in [-0.25, -0.2) is 0 Å². The molecular weight excluding hydrogens is 1950 g/mol. The summed E-state index contributed by atoms with van der Waals surface area (Å²) in [6.07, 6.45) is 34.7. The Bertz CT molecular complexity index is 5350. The Hall–Kier alpha value is -12.5. The fraction of sp³-hybridized carbons (Fsp3) is 0.356. The van der Waals surface area contributed by atoms with Crippen LogP contribution in [0.5, 0.6) is 34.5 Å². The molecular formula is C135H156IrN3O6. The summed E-state index contributed by atoms with van der Waals surface area (Å²) in [6.45, 7) is 31.7. The van der Waals surface area contributed by atoms with E-state index in [1.54, 1.807) is 0 Å². The van der Waals surface area contributed by atoms with Crippen molar-refractivity contribution in [2.75, 3.05) is 39.6 Å². The number of hydrogen-bond acceptors (Lipinski definition) is 9. The van der Waals surface area contributed by atoms with Gasteiger partial charge in [0.05, 0.1) is 39.6 Å². The van der Waals surface area contributed by atoms with Gasteiger partial charge in [-0.1, -0.05) is 308 Å². The zero-order valence-electron chi connectivity index (χ0n) is 88.5. The molecule has 12 aromatic carbocycles. The van der Waals surface area contributed by atoms with Crippen molar-refractivity contribution >= 4 is 0 Å². The van der Waals surface area contributed by atoms with Crippen molar-refractivity contribution in [1.29, 1.82) is 0 Å². The molecule has 0 saturated carbocycles. The number of aromatic nitrogens is 3. The van der Waals surface area contributed by atoms with Gasteiger partial charge in [-0.05, 0) is 320 Å². The van der Waals surface area contributed by atoms with Crippen LogP contribution in [0.3, 0.4) is 0 Å². The molecule has 0 saturated heterocycles. The monoisotopic (exact) mass is 2110 g/mol. The van der Waals surface area contributed by atoms with Gasteiger partial charge in [0.2, 0.25) is 0 Å². The molecule has 15 aromatic rings. The van der Waals surface area contributed by atoms with Gasteiger partial charge in [-0.2, -0.15) is 0 Å². The average Bonchev–Trinajstić information content (AvgIpc) is 0.798. The number of nitrogens with zero attached hydrogens (tertiary/aromatic N) is 3. The molecule has 0 aliphatic carbocycles. The van der Waals surface area contributed by atoms with Gasteiger partial charge in [0.25, 0.3) is 0 Å². The van der Waals surface area contributed by atoms with Crippen molar-refractivity contribution in [3.63, 3.8) is 0 Å². The Morgan fingerprint density at radius 3 is 0.517 bits per heavy atom. The second kappa shape index (κ2) is 61.1. The molecule has 0 spiro atoms. The van der Waals surface area contributed by atoms with E-state index in [0.29, 0.717) is 35.5 Å². The van der Waals surface area contributed by atoms with Gasteiger partial charge < -0.3 is 43.4 Å². The largest absolute Gasteiger partial charge is 3.00 e. The van der Waals surface area contributed by atoms with Crippen molar-refractivity contribution in [2.45, 2.75) is 237 Å². The minimum atomic E-state index is 0. The Balaban J connectivity index is 0.000000193. The first-order valence-electron chi connectivity index (χ1n) is 54.4. The fourth-order valence-corrected chi connectivity index (χ4v) is 18.5. The van der Waals surface area contributed by atoms with Crippen molar-refractivity contribution in [3.8, 4) is 168 Å². The van der Waals surface area contributed by atoms with E-state index in [1.165, 1.54) is 116 Å². The predicted octanol–water partition coefficient (Wildman–Crippen LogP) is 38.2. The molecule has 6 atom stereocenters. The molecule has 15 rings (SSSR count). The van der Waals surface area contributed by atoms with E-state index >= 15 is 0 Å².